The van der Waals surface area contributed by atoms with E-state index in [1.165, 1.54) is 6.07 Å². The minimum Gasteiger partial charge on any atom is -0.299 e. The Morgan fingerprint density at radius 2 is 1.68 bits per heavy atom. The van der Waals surface area contributed by atoms with E-state index < -0.39 is 11.7 Å². The third kappa shape index (κ3) is 4.63. The molecule has 0 radical (unpaired) electrons. The molecule has 1 fully saturated rings. The van der Waals surface area contributed by atoms with Crippen LogP contribution in [0.3, 0.4) is 0 Å². The molecule has 1 saturated heterocycles. The highest BCUT2D eigenvalue weighted by atomic mass is 35.5. The van der Waals surface area contributed by atoms with Crippen molar-refractivity contribution >= 4 is 11.6 Å². The van der Waals surface area contributed by atoms with Gasteiger partial charge in [0.1, 0.15) is 0 Å². The SMILES string of the molecule is CC(C)(C)C1CCN(Cc2cc(Cl)cc(C(F)(F)F)c2)CC1. The van der Waals surface area contributed by atoms with Crippen LogP contribution in [0.5, 0.6) is 0 Å². The third-order valence-corrected chi connectivity index (χ3v) is 4.72. The maximum absolute atomic E-state index is 12.8. The van der Waals surface area contributed by atoms with Crippen molar-refractivity contribution in [1.82, 2.24) is 4.90 Å². The van der Waals surface area contributed by atoms with E-state index in [4.69, 9.17) is 11.6 Å². The van der Waals surface area contributed by atoms with E-state index in [0.29, 0.717) is 23.4 Å². The van der Waals surface area contributed by atoms with E-state index in [0.717, 1.165) is 32.0 Å². The summed E-state index contributed by atoms with van der Waals surface area (Å²) in [5.74, 6) is 0.675. The predicted octanol–water partition coefficient (Wildman–Crippen LogP) is 5.62. The standard InChI is InChI=1S/C17H23ClF3N/c1-16(2,3)13-4-6-22(7-5-13)11-12-8-14(17(19,20)21)10-15(18)9-12/h8-10,13H,4-7,11H2,1-3H3. The fourth-order valence-corrected chi connectivity index (χ4v) is 3.38. The smallest absolute Gasteiger partial charge is 0.299 e. The molecule has 0 unspecified atom stereocenters. The molecule has 0 atom stereocenters. The number of nitrogens with zero attached hydrogens (tertiary/aromatic N) is 1. The van der Waals surface area contributed by atoms with E-state index in [9.17, 15) is 13.2 Å². The van der Waals surface area contributed by atoms with Gasteiger partial charge in [-0.25, -0.2) is 0 Å². The molecule has 0 spiro atoms. The van der Waals surface area contributed by atoms with Crippen molar-refractivity contribution in [1.29, 1.82) is 0 Å². The molecular weight excluding hydrogens is 311 g/mol. The lowest BCUT2D eigenvalue weighted by molar-refractivity contribution is -0.137. The Hall–Kier alpha value is -0.740. The van der Waals surface area contributed by atoms with Gasteiger partial charge in [-0.15, -0.1) is 0 Å². The van der Waals surface area contributed by atoms with E-state index in [2.05, 4.69) is 25.7 Å². The molecule has 5 heteroatoms. The molecule has 124 valence electrons. The highest BCUT2D eigenvalue weighted by Crippen LogP contribution is 2.35. The molecule has 1 aromatic carbocycles. The zero-order valence-corrected chi connectivity index (χ0v) is 14.1. The van der Waals surface area contributed by atoms with Gasteiger partial charge in [-0.3, -0.25) is 4.90 Å². The van der Waals surface area contributed by atoms with Gasteiger partial charge in [0.15, 0.2) is 0 Å². The molecule has 22 heavy (non-hydrogen) atoms. The van der Waals surface area contributed by atoms with Gasteiger partial charge in [-0.1, -0.05) is 32.4 Å². The van der Waals surface area contributed by atoms with E-state index in [1.54, 1.807) is 6.07 Å². The second-order valence-electron chi connectivity index (χ2n) is 7.26. The Kier molecular flexibility index (Phi) is 5.13. The lowest BCUT2D eigenvalue weighted by Crippen LogP contribution is -2.37. The van der Waals surface area contributed by atoms with Crippen LogP contribution < -0.4 is 0 Å². The summed E-state index contributed by atoms with van der Waals surface area (Å²) in [5, 5.41) is 0.148. The largest absolute Gasteiger partial charge is 0.416 e. The third-order valence-electron chi connectivity index (χ3n) is 4.50. The van der Waals surface area contributed by atoms with Crippen molar-refractivity contribution in [3.63, 3.8) is 0 Å². The van der Waals surface area contributed by atoms with Gasteiger partial charge >= 0.3 is 6.18 Å². The van der Waals surface area contributed by atoms with Gasteiger partial charge < -0.3 is 0 Å². The number of piperidine rings is 1. The maximum Gasteiger partial charge on any atom is 0.416 e. The van der Waals surface area contributed by atoms with Crippen LogP contribution in [-0.2, 0) is 12.7 Å². The quantitative estimate of drug-likeness (QED) is 0.679. The molecule has 0 N–H and O–H groups in total. The van der Waals surface area contributed by atoms with Gasteiger partial charge in [-0.2, -0.15) is 13.2 Å². The molecule has 0 aromatic heterocycles. The Balaban J connectivity index is 2.02. The van der Waals surface area contributed by atoms with Crippen LogP contribution in [0.2, 0.25) is 5.02 Å². The van der Waals surface area contributed by atoms with Gasteiger partial charge in [-0.05, 0) is 61.0 Å². The van der Waals surface area contributed by atoms with Crippen molar-refractivity contribution in [3.05, 3.63) is 34.3 Å². The van der Waals surface area contributed by atoms with E-state index in [-0.39, 0.29) is 5.02 Å². The van der Waals surface area contributed by atoms with Crippen molar-refractivity contribution in [2.45, 2.75) is 46.3 Å². The van der Waals surface area contributed by atoms with Crippen LogP contribution in [0, 0.1) is 11.3 Å². The molecule has 0 aliphatic carbocycles. The lowest BCUT2D eigenvalue weighted by atomic mass is 9.75. The van der Waals surface area contributed by atoms with Crippen LogP contribution in [0.1, 0.15) is 44.7 Å². The van der Waals surface area contributed by atoms with Gasteiger partial charge in [0, 0.05) is 11.6 Å². The van der Waals surface area contributed by atoms with Gasteiger partial charge in [0.2, 0.25) is 0 Å². The second-order valence-corrected chi connectivity index (χ2v) is 7.70. The predicted molar refractivity (Wildman–Crippen MR) is 83.9 cm³/mol. The highest BCUT2D eigenvalue weighted by Gasteiger charge is 2.32. The number of likely N-dealkylation sites (tertiary alicyclic amines) is 1. The topological polar surface area (TPSA) is 3.24 Å². The summed E-state index contributed by atoms with van der Waals surface area (Å²) in [6, 6.07) is 3.82. The summed E-state index contributed by atoms with van der Waals surface area (Å²) in [6.45, 7) is 9.13. The molecule has 2 rings (SSSR count). The van der Waals surface area contributed by atoms with Crippen LogP contribution in [-0.4, -0.2) is 18.0 Å². The zero-order chi connectivity index (χ0) is 16.5. The summed E-state index contributed by atoms with van der Waals surface area (Å²) in [5.41, 5.74) is 0.264. The maximum atomic E-state index is 12.8. The molecule has 1 aliphatic heterocycles. The average molecular weight is 334 g/mol. The number of halogens is 4. The van der Waals surface area contributed by atoms with Crippen molar-refractivity contribution in [3.8, 4) is 0 Å². The van der Waals surface area contributed by atoms with E-state index in [1.807, 2.05) is 0 Å². The van der Waals surface area contributed by atoms with Crippen LogP contribution >= 0.6 is 11.6 Å². The number of rotatable bonds is 2. The van der Waals surface area contributed by atoms with Gasteiger partial charge in [0.25, 0.3) is 0 Å². The van der Waals surface area contributed by atoms with Crippen LogP contribution in [0.4, 0.5) is 13.2 Å². The summed E-state index contributed by atoms with van der Waals surface area (Å²) in [6.07, 6.45) is -2.16. The van der Waals surface area contributed by atoms with Crippen LogP contribution in [0.15, 0.2) is 18.2 Å². The summed E-state index contributed by atoms with van der Waals surface area (Å²) in [7, 11) is 0. The van der Waals surface area contributed by atoms with Crippen LogP contribution in [0.25, 0.3) is 0 Å². The molecule has 0 saturated carbocycles. The zero-order valence-electron chi connectivity index (χ0n) is 13.3. The Bertz CT molecular complexity index is 512. The lowest BCUT2D eigenvalue weighted by Gasteiger charge is -2.38. The normalized spacial score (nSPS) is 18.7. The number of hydrogen-bond donors (Lipinski definition) is 0. The Morgan fingerprint density at radius 1 is 1.09 bits per heavy atom. The van der Waals surface area contributed by atoms with Crippen molar-refractivity contribution < 1.29 is 13.2 Å². The first-order valence-electron chi connectivity index (χ1n) is 7.65. The Morgan fingerprint density at radius 3 is 2.18 bits per heavy atom. The van der Waals surface area contributed by atoms with Crippen molar-refractivity contribution in [2.24, 2.45) is 11.3 Å². The molecule has 0 bridgehead atoms. The van der Waals surface area contributed by atoms with Gasteiger partial charge in [0.05, 0.1) is 5.56 Å². The van der Waals surface area contributed by atoms with Crippen molar-refractivity contribution in [2.75, 3.05) is 13.1 Å². The average Bonchev–Trinajstić information content (AvgIpc) is 2.36. The fraction of sp³-hybridized carbons (Fsp3) is 0.647. The highest BCUT2D eigenvalue weighted by molar-refractivity contribution is 6.30. The number of alkyl halides is 3. The molecule has 1 nitrogen and oxygen atoms in total. The minimum absolute atomic E-state index is 0.148. The minimum atomic E-state index is -4.35. The first-order chi connectivity index (χ1) is 10.1. The first-order valence-corrected chi connectivity index (χ1v) is 8.02. The first kappa shape index (κ1) is 17.6. The fourth-order valence-electron chi connectivity index (χ4n) is 3.12. The second kappa shape index (κ2) is 6.40. The monoisotopic (exact) mass is 333 g/mol. The number of benzene rings is 1. The molecule has 1 aliphatic rings. The molecule has 0 amide bonds. The molecule has 1 aromatic rings. The Labute approximate surface area is 135 Å². The van der Waals surface area contributed by atoms with E-state index >= 15 is 0 Å². The summed E-state index contributed by atoms with van der Waals surface area (Å²) < 4.78 is 38.5. The molecular formula is C17H23ClF3N. The molecule has 1 heterocycles. The summed E-state index contributed by atoms with van der Waals surface area (Å²) in [4.78, 5) is 2.22. The number of hydrogen-bond acceptors (Lipinski definition) is 1. The summed E-state index contributed by atoms with van der Waals surface area (Å²) >= 11 is 5.84.